The Labute approximate surface area is 112 Å². The van der Waals surface area contributed by atoms with Gasteiger partial charge in [-0.05, 0) is 23.7 Å². The number of hydrogen-bond donors (Lipinski definition) is 1. The molecule has 0 radical (unpaired) electrons. The van der Waals surface area contributed by atoms with Crippen molar-refractivity contribution in [3.8, 4) is 11.8 Å². The van der Waals surface area contributed by atoms with Crippen LogP contribution in [0, 0.1) is 10.1 Å². The van der Waals surface area contributed by atoms with E-state index in [0.717, 1.165) is 0 Å². The molecule has 0 saturated carbocycles. The Morgan fingerprint density at radius 2 is 1.95 bits per heavy atom. The van der Waals surface area contributed by atoms with Gasteiger partial charge in [0.05, 0.1) is 4.92 Å². The number of rotatable bonds is 4. The van der Waals surface area contributed by atoms with Crippen LogP contribution in [-0.2, 0) is 0 Å². The highest BCUT2D eigenvalue weighted by Crippen LogP contribution is 2.22. The summed E-state index contributed by atoms with van der Waals surface area (Å²) in [6.45, 7) is 0. The number of ether oxygens (including phenoxy) is 1. The van der Waals surface area contributed by atoms with Crippen LogP contribution in [0.15, 0.2) is 24.3 Å². The van der Waals surface area contributed by atoms with E-state index >= 15 is 0 Å². The minimum atomic E-state index is -0.497. The summed E-state index contributed by atoms with van der Waals surface area (Å²) in [7, 11) is 1.63. The molecule has 0 saturated heterocycles. The van der Waals surface area contributed by atoms with E-state index in [1.807, 2.05) is 0 Å². The lowest BCUT2D eigenvalue weighted by molar-refractivity contribution is -0.384. The fraction of sp³-hybridized carbons (Fsp3) is 0.100. The molecule has 0 fully saturated rings. The Morgan fingerprint density at radius 3 is 2.53 bits per heavy atom. The van der Waals surface area contributed by atoms with Crippen LogP contribution in [0.5, 0.6) is 11.8 Å². The fourth-order valence-electron chi connectivity index (χ4n) is 1.23. The van der Waals surface area contributed by atoms with Crippen molar-refractivity contribution in [3.63, 3.8) is 0 Å². The molecule has 1 aromatic heterocycles. The third-order valence-electron chi connectivity index (χ3n) is 2.07. The number of benzene rings is 1. The van der Waals surface area contributed by atoms with Crippen LogP contribution in [0.1, 0.15) is 0 Å². The highest BCUT2D eigenvalue weighted by Gasteiger charge is 2.08. The van der Waals surface area contributed by atoms with E-state index in [1.54, 1.807) is 7.05 Å². The van der Waals surface area contributed by atoms with Crippen molar-refractivity contribution in [1.29, 1.82) is 0 Å². The van der Waals surface area contributed by atoms with Crippen LogP contribution < -0.4 is 10.1 Å². The molecule has 0 aliphatic carbocycles. The van der Waals surface area contributed by atoms with Crippen molar-refractivity contribution in [3.05, 3.63) is 39.7 Å². The first-order valence-corrected chi connectivity index (χ1v) is 5.48. The zero-order valence-electron chi connectivity index (χ0n) is 9.70. The summed E-state index contributed by atoms with van der Waals surface area (Å²) in [5.74, 6) is 0.617. The van der Waals surface area contributed by atoms with Gasteiger partial charge in [-0.1, -0.05) is 0 Å². The lowest BCUT2D eigenvalue weighted by Crippen LogP contribution is -2.01. The van der Waals surface area contributed by atoms with E-state index in [4.69, 9.17) is 16.3 Å². The maximum Gasteiger partial charge on any atom is 0.328 e. The van der Waals surface area contributed by atoms with Gasteiger partial charge in [0.1, 0.15) is 5.75 Å². The molecule has 0 amide bonds. The van der Waals surface area contributed by atoms with E-state index in [9.17, 15) is 10.1 Å². The van der Waals surface area contributed by atoms with Crippen LogP contribution >= 0.6 is 11.6 Å². The van der Waals surface area contributed by atoms with Crippen molar-refractivity contribution >= 4 is 23.2 Å². The predicted octanol–water partition coefficient (Wildman–Crippen LogP) is 2.27. The standard InChI is InChI=1S/C10H8ClN5O3/c1-12-9-13-8(11)14-10(15-9)19-7-4-2-6(3-5-7)16(17)18/h2-5H,1H3,(H,12,13,14,15). The molecule has 1 aromatic carbocycles. The molecule has 1 heterocycles. The molecule has 0 bridgehead atoms. The Hall–Kier alpha value is -2.48. The largest absolute Gasteiger partial charge is 0.424 e. The zero-order valence-corrected chi connectivity index (χ0v) is 10.5. The van der Waals surface area contributed by atoms with Gasteiger partial charge in [0, 0.05) is 19.2 Å². The summed E-state index contributed by atoms with van der Waals surface area (Å²) >= 11 is 5.69. The Kier molecular flexibility index (Phi) is 3.71. The monoisotopic (exact) mass is 281 g/mol. The minimum absolute atomic E-state index is 0.00166. The number of non-ortho nitro benzene ring substituents is 1. The van der Waals surface area contributed by atoms with Gasteiger partial charge in [-0.3, -0.25) is 10.1 Å². The van der Waals surface area contributed by atoms with E-state index in [1.165, 1.54) is 24.3 Å². The lowest BCUT2D eigenvalue weighted by Gasteiger charge is -2.05. The fourth-order valence-corrected chi connectivity index (χ4v) is 1.38. The van der Waals surface area contributed by atoms with Crippen LogP contribution in [0.2, 0.25) is 5.28 Å². The van der Waals surface area contributed by atoms with Crippen molar-refractivity contribution in [1.82, 2.24) is 15.0 Å². The summed E-state index contributed by atoms with van der Waals surface area (Å²) in [6.07, 6.45) is 0. The van der Waals surface area contributed by atoms with Crippen LogP contribution in [0.25, 0.3) is 0 Å². The molecule has 0 aliphatic heterocycles. The van der Waals surface area contributed by atoms with Gasteiger partial charge < -0.3 is 10.1 Å². The second-order valence-electron chi connectivity index (χ2n) is 3.31. The maximum atomic E-state index is 10.5. The van der Waals surface area contributed by atoms with Gasteiger partial charge in [-0.15, -0.1) is 0 Å². The van der Waals surface area contributed by atoms with Crippen LogP contribution in [-0.4, -0.2) is 26.9 Å². The van der Waals surface area contributed by atoms with E-state index in [-0.39, 0.29) is 22.9 Å². The summed E-state index contributed by atoms with van der Waals surface area (Å²) in [4.78, 5) is 21.5. The van der Waals surface area contributed by atoms with Crippen LogP contribution in [0.3, 0.4) is 0 Å². The van der Waals surface area contributed by atoms with Gasteiger partial charge in [0.25, 0.3) is 5.69 Å². The Morgan fingerprint density at radius 1 is 1.26 bits per heavy atom. The first-order chi connectivity index (χ1) is 9.08. The average molecular weight is 282 g/mol. The number of halogens is 1. The number of nitro groups is 1. The topological polar surface area (TPSA) is 103 Å². The molecular formula is C10H8ClN5O3. The van der Waals surface area contributed by atoms with Crippen molar-refractivity contribution in [2.24, 2.45) is 0 Å². The van der Waals surface area contributed by atoms with Gasteiger partial charge >= 0.3 is 6.01 Å². The molecule has 19 heavy (non-hydrogen) atoms. The average Bonchev–Trinajstić information content (AvgIpc) is 2.38. The third-order valence-corrected chi connectivity index (χ3v) is 2.24. The summed E-state index contributed by atoms with van der Waals surface area (Å²) in [6, 6.07) is 5.51. The number of anilines is 1. The Bertz CT molecular complexity index is 605. The first kappa shape index (κ1) is 13.0. The molecule has 2 rings (SSSR count). The summed E-state index contributed by atoms with van der Waals surface area (Å²) in [5, 5.41) is 13.2. The predicted molar refractivity (Wildman–Crippen MR) is 67.6 cm³/mol. The molecule has 8 nitrogen and oxygen atoms in total. The SMILES string of the molecule is CNc1nc(Cl)nc(Oc2ccc([N+](=O)[O-])cc2)n1. The van der Waals surface area contributed by atoms with E-state index in [0.29, 0.717) is 5.75 Å². The highest BCUT2D eigenvalue weighted by atomic mass is 35.5. The van der Waals surface area contributed by atoms with Crippen LogP contribution in [0.4, 0.5) is 11.6 Å². The molecular weight excluding hydrogens is 274 g/mol. The molecule has 0 atom stereocenters. The highest BCUT2D eigenvalue weighted by molar-refractivity contribution is 6.28. The van der Waals surface area contributed by atoms with Gasteiger partial charge in [0.15, 0.2) is 0 Å². The van der Waals surface area contributed by atoms with Gasteiger partial charge in [-0.25, -0.2) is 0 Å². The maximum absolute atomic E-state index is 10.5. The number of hydrogen-bond acceptors (Lipinski definition) is 7. The molecule has 0 unspecified atom stereocenters. The number of nitrogens with zero attached hydrogens (tertiary/aromatic N) is 4. The third kappa shape index (κ3) is 3.26. The van der Waals surface area contributed by atoms with Crippen molar-refractivity contribution < 1.29 is 9.66 Å². The lowest BCUT2D eigenvalue weighted by atomic mass is 10.3. The smallest absolute Gasteiger partial charge is 0.328 e. The summed E-state index contributed by atoms with van der Waals surface area (Å²) < 4.78 is 5.33. The second kappa shape index (κ2) is 5.44. The number of aromatic nitrogens is 3. The van der Waals surface area contributed by atoms with Gasteiger partial charge in [-0.2, -0.15) is 15.0 Å². The Balaban J connectivity index is 2.21. The van der Waals surface area contributed by atoms with Crippen molar-refractivity contribution in [2.75, 3.05) is 12.4 Å². The molecule has 2 aromatic rings. The zero-order chi connectivity index (χ0) is 13.8. The molecule has 98 valence electrons. The molecule has 1 N–H and O–H groups in total. The first-order valence-electron chi connectivity index (χ1n) is 5.10. The van der Waals surface area contributed by atoms with E-state index in [2.05, 4.69) is 20.3 Å². The molecule has 0 aliphatic rings. The quantitative estimate of drug-likeness (QED) is 0.677. The second-order valence-corrected chi connectivity index (χ2v) is 3.65. The van der Waals surface area contributed by atoms with E-state index < -0.39 is 4.92 Å². The van der Waals surface area contributed by atoms with Gasteiger partial charge in [0.2, 0.25) is 11.2 Å². The normalized spacial score (nSPS) is 10.0. The molecule has 9 heteroatoms. The summed E-state index contributed by atoms with van der Waals surface area (Å²) in [5.41, 5.74) is -0.0306. The minimum Gasteiger partial charge on any atom is -0.424 e. The van der Waals surface area contributed by atoms with Crippen molar-refractivity contribution in [2.45, 2.75) is 0 Å². The number of nitro benzene ring substituents is 1. The number of nitrogens with one attached hydrogen (secondary N) is 1. The molecule has 0 spiro atoms.